The third-order valence-electron chi connectivity index (χ3n) is 2.66. The predicted molar refractivity (Wildman–Crippen MR) is 85.9 cm³/mol. The minimum absolute atomic E-state index is 0.149. The lowest BCUT2D eigenvalue weighted by Crippen LogP contribution is -2.25. The van der Waals surface area contributed by atoms with Gasteiger partial charge in [0.25, 0.3) is 5.91 Å². The summed E-state index contributed by atoms with van der Waals surface area (Å²) in [5.74, 6) is -1.14. The normalized spacial score (nSPS) is 10.3. The summed E-state index contributed by atoms with van der Waals surface area (Å²) in [6.45, 7) is 0. The molecule has 20 heavy (non-hydrogen) atoms. The summed E-state index contributed by atoms with van der Waals surface area (Å²) < 4.78 is 1.69. The van der Waals surface area contributed by atoms with Gasteiger partial charge >= 0.3 is 5.97 Å². The van der Waals surface area contributed by atoms with Crippen LogP contribution in [0.3, 0.4) is 0 Å². The van der Waals surface area contributed by atoms with Gasteiger partial charge in [-0.3, -0.25) is 4.79 Å². The van der Waals surface area contributed by atoms with Crippen molar-refractivity contribution < 1.29 is 14.7 Å². The van der Waals surface area contributed by atoms with Crippen LogP contribution >= 0.6 is 43.2 Å². The Balaban J connectivity index is 2.24. The average Bonchev–Trinajstić information content (AvgIpc) is 2.77. The second-order valence-corrected chi connectivity index (χ2v) is 7.17. The van der Waals surface area contributed by atoms with Gasteiger partial charge < -0.3 is 10.0 Å². The highest BCUT2D eigenvalue weighted by atomic mass is 79.9. The van der Waals surface area contributed by atoms with Gasteiger partial charge in [0.15, 0.2) is 0 Å². The van der Waals surface area contributed by atoms with E-state index in [4.69, 9.17) is 5.11 Å². The molecule has 0 saturated carbocycles. The summed E-state index contributed by atoms with van der Waals surface area (Å²) in [6.07, 6.45) is 0. The van der Waals surface area contributed by atoms with Crippen LogP contribution in [0.1, 0.15) is 20.0 Å². The third kappa shape index (κ3) is 3.11. The molecule has 0 fully saturated rings. The van der Waals surface area contributed by atoms with E-state index in [0.29, 0.717) is 10.6 Å². The summed E-state index contributed by atoms with van der Waals surface area (Å²) in [5, 5.41) is 8.85. The molecule has 0 aliphatic heterocycles. The molecular formula is C13H9Br2NO3S. The molecular weight excluding hydrogens is 410 g/mol. The Morgan fingerprint density at radius 2 is 1.80 bits per heavy atom. The number of aromatic carboxylic acids is 1. The minimum Gasteiger partial charge on any atom is -0.478 e. The Morgan fingerprint density at radius 3 is 2.25 bits per heavy atom. The molecule has 0 spiro atoms. The number of hydrogen-bond donors (Lipinski definition) is 1. The largest absolute Gasteiger partial charge is 0.478 e. The van der Waals surface area contributed by atoms with Crippen molar-refractivity contribution in [2.45, 2.75) is 0 Å². The lowest BCUT2D eigenvalue weighted by atomic mass is 10.2. The number of carboxylic acids is 1. The Kier molecular flexibility index (Phi) is 4.62. The first-order valence-corrected chi connectivity index (χ1v) is 7.86. The molecule has 0 bridgehead atoms. The molecule has 0 aliphatic carbocycles. The van der Waals surface area contributed by atoms with E-state index >= 15 is 0 Å². The SMILES string of the molecule is CN(C(=O)c1cc(Br)c(Br)s1)c1ccc(C(=O)O)cc1. The standard InChI is InChI=1S/C13H9Br2NO3S/c1-16(8-4-2-7(3-5-8)13(18)19)12(17)10-6-9(14)11(15)20-10/h2-6H,1H3,(H,18,19). The Bertz CT molecular complexity index is 647. The van der Waals surface area contributed by atoms with Gasteiger partial charge in [-0.25, -0.2) is 4.79 Å². The van der Waals surface area contributed by atoms with E-state index in [-0.39, 0.29) is 11.5 Å². The fourth-order valence-corrected chi connectivity index (χ4v) is 3.57. The fourth-order valence-electron chi connectivity index (χ4n) is 1.56. The van der Waals surface area contributed by atoms with Crippen LogP contribution in [0.15, 0.2) is 38.6 Å². The zero-order valence-electron chi connectivity index (χ0n) is 10.3. The van der Waals surface area contributed by atoms with Crippen LogP contribution in [0.5, 0.6) is 0 Å². The molecule has 104 valence electrons. The molecule has 2 rings (SSSR count). The molecule has 7 heteroatoms. The molecule has 0 saturated heterocycles. The van der Waals surface area contributed by atoms with Crippen LogP contribution in [0.4, 0.5) is 5.69 Å². The predicted octanol–water partition coefficient (Wildman–Crippen LogP) is 4.25. The molecule has 1 amide bonds. The quantitative estimate of drug-likeness (QED) is 0.810. The van der Waals surface area contributed by atoms with Crippen molar-refractivity contribution in [2.24, 2.45) is 0 Å². The second kappa shape index (κ2) is 6.07. The van der Waals surface area contributed by atoms with Gasteiger partial charge in [-0.15, -0.1) is 11.3 Å². The maximum Gasteiger partial charge on any atom is 0.335 e. The number of rotatable bonds is 3. The van der Waals surface area contributed by atoms with Gasteiger partial charge in [0.05, 0.1) is 14.2 Å². The fraction of sp³-hybridized carbons (Fsp3) is 0.0769. The summed E-state index contributed by atoms with van der Waals surface area (Å²) in [4.78, 5) is 25.2. The van der Waals surface area contributed by atoms with Crippen molar-refractivity contribution in [3.05, 3.63) is 49.0 Å². The Hall–Kier alpha value is -1.18. The third-order valence-corrected chi connectivity index (χ3v) is 5.91. The zero-order chi connectivity index (χ0) is 14.9. The number of carbonyl (C=O) groups is 2. The number of hydrogen-bond acceptors (Lipinski definition) is 3. The number of carboxylic acid groups (broad SMARTS) is 1. The number of thiophene rings is 1. The van der Waals surface area contributed by atoms with Gasteiger partial charge in [0.1, 0.15) is 0 Å². The van der Waals surface area contributed by atoms with Crippen LogP contribution in [-0.4, -0.2) is 24.0 Å². The van der Waals surface area contributed by atoms with Crippen LogP contribution in [-0.2, 0) is 0 Å². The number of nitrogens with zero attached hydrogens (tertiary/aromatic N) is 1. The summed E-state index contributed by atoms with van der Waals surface area (Å²) in [7, 11) is 1.65. The van der Waals surface area contributed by atoms with Gasteiger partial charge in [0, 0.05) is 17.2 Å². The van der Waals surface area contributed by atoms with Crippen molar-refractivity contribution in [2.75, 3.05) is 11.9 Å². The molecule has 2 aromatic rings. The molecule has 4 nitrogen and oxygen atoms in total. The molecule has 0 unspecified atom stereocenters. The molecule has 1 N–H and O–H groups in total. The van der Waals surface area contributed by atoms with Crippen LogP contribution in [0, 0.1) is 0 Å². The summed E-state index contributed by atoms with van der Waals surface area (Å²) in [5.41, 5.74) is 0.830. The van der Waals surface area contributed by atoms with Crippen LogP contribution < -0.4 is 4.90 Å². The minimum atomic E-state index is -0.989. The zero-order valence-corrected chi connectivity index (χ0v) is 14.3. The number of halogens is 2. The van der Waals surface area contributed by atoms with E-state index in [9.17, 15) is 9.59 Å². The van der Waals surface area contributed by atoms with Gasteiger partial charge in [0.2, 0.25) is 0 Å². The van der Waals surface area contributed by atoms with Crippen molar-refractivity contribution in [1.82, 2.24) is 0 Å². The molecule has 0 radical (unpaired) electrons. The van der Waals surface area contributed by atoms with E-state index < -0.39 is 5.97 Å². The van der Waals surface area contributed by atoms with Crippen molar-refractivity contribution >= 4 is 60.8 Å². The Morgan fingerprint density at radius 1 is 1.20 bits per heavy atom. The van der Waals surface area contributed by atoms with E-state index in [0.717, 1.165) is 8.26 Å². The first-order chi connectivity index (χ1) is 9.40. The lowest BCUT2D eigenvalue weighted by molar-refractivity contribution is 0.0696. The van der Waals surface area contributed by atoms with Crippen LogP contribution in [0.25, 0.3) is 0 Å². The maximum atomic E-state index is 12.3. The summed E-state index contributed by atoms with van der Waals surface area (Å²) in [6, 6.07) is 7.92. The highest BCUT2D eigenvalue weighted by Gasteiger charge is 2.17. The number of carbonyl (C=O) groups excluding carboxylic acids is 1. The highest BCUT2D eigenvalue weighted by molar-refractivity contribution is 9.13. The number of benzene rings is 1. The van der Waals surface area contributed by atoms with Crippen LogP contribution in [0.2, 0.25) is 0 Å². The van der Waals surface area contributed by atoms with Crippen molar-refractivity contribution in [1.29, 1.82) is 0 Å². The molecule has 1 heterocycles. The van der Waals surface area contributed by atoms with E-state index in [1.54, 1.807) is 25.2 Å². The first kappa shape index (κ1) is 15.2. The van der Waals surface area contributed by atoms with Crippen molar-refractivity contribution in [3.63, 3.8) is 0 Å². The molecule has 0 aliphatic rings. The van der Waals surface area contributed by atoms with Gasteiger partial charge in [-0.05, 0) is 62.2 Å². The molecule has 1 aromatic carbocycles. The smallest absolute Gasteiger partial charge is 0.335 e. The summed E-state index contributed by atoms with van der Waals surface area (Å²) >= 11 is 8.03. The monoisotopic (exact) mass is 417 g/mol. The topological polar surface area (TPSA) is 57.6 Å². The molecule has 1 aromatic heterocycles. The number of anilines is 1. The highest BCUT2D eigenvalue weighted by Crippen LogP contribution is 2.33. The Labute approximate surface area is 136 Å². The van der Waals surface area contributed by atoms with Gasteiger partial charge in [-0.2, -0.15) is 0 Å². The van der Waals surface area contributed by atoms with E-state index in [1.165, 1.54) is 28.4 Å². The lowest BCUT2D eigenvalue weighted by Gasteiger charge is -2.16. The second-order valence-electron chi connectivity index (χ2n) is 3.95. The molecule has 0 atom stereocenters. The van der Waals surface area contributed by atoms with E-state index in [1.807, 2.05) is 0 Å². The van der Waals surface area contributed by atoms with Crippen molar-refractivity contribution in [3.8, 4) is 0 Å². The first-order valence-electron chi connectivity index (χ1n) is 5.46. The maximum absolute atomic E-state index is 12.3. The number of amides is 1. The average molecular weight is 419 g/mol. The van der Waals surface area contributed by atoms with Gasteiger partial charge in [-0.1, -0.05) is 0 Å². The van der Waals surface area contributed by atoms with E-state index in [2.05, 4.69) is 31.9 Å².